The normalized spacial score (nSPS) is 16.2. The van der Waals surface area contributed by atoms with E-state index >= 15 is 0 Å². The largest absolute Gasteiger partial charge is 0.453 e. The monoisotopic (exact) mass is 506 g/mol. The van der Waals surface area contributed by atoms with Crippen LogP contribution >= 0.6 is 24.0 Å². The van der Waals surface area contributed by atoms with Gasteiger partial charge in [0, 0.05) is 45.0 Å². The molecule has 1 saturated heterocycles. The number of hydrogen-bond acceptors (Lipinski definition) is 5. The molecule has 1 aliphatic rings. The van der Waals surface area contributed by atoms with Gasteiger partial charge in [-0.2, -0.15) is 0 Å². The van der Waals surface area contributed by atoms with Crippen molar-refractivity contribution < 1.29 is 19.0 Å². The zero-order chi connectivity index (χ0) is 19.3. The highest BCUT2D eigenvalue weighted by molar-refractivity contribution is 14.0. The molecule has 9 heteroatoms. The number of aliphatic imine (C=N–C) groups is 1. The summed E-state index contributed by atoms with van der Waals surface area (Å²) in [5.74, 6) is 1.30. The van der Waals surface area contributed by atoms with E-state index in [-0.39, 0.29) is 24.0 Å². The number of rotatable bonds is 9. The molecule has 1 aliphatic heterocycles. The van der Waals surface area contributed by atoms with Crippen molar-refractivity contribution in [1.29, 1.82) is 0 Å². The standard InChI is InChI=1S/C19H30N4O4.HI/c1-20-18(21-9-3-10-26-13-16-8-11-27-14-16)22-12-15-4-6-17(7-5-15)23-19(24)25-2;/h4-7,16H,3,8-14H2,1-2H3,(H,23,24)(H2,20,21,22);1H. The molecule has 3 N–H and O–H groups in total. The molecule has 1 amide bonds. The SMILES string of the molecule is CN=C(NCCCOCC1CCOC1)NCc1ccc(NC(=O)OC)cc1.I. The number of benzene rings is 1. The topological polar surface area (TPSA) is 93.2 Å². The Morgan fingerprint density at radius 3 is 2.71 bits per heavy atom. The summed E-state index contributed by atoms with van der Waals surface area (Å²) in [6.45, 7) is 4.64. The molecule has 8 nitrogen and oxygen atoms in total. The fraction of sp³-hybridized carbons (Fsp3) is 0.579. The number of halogens is 1. The van der Waals surface area contributed by atoms with Gasteiger partial charge in [-0.3, -0.25) is 10.3 Å². The first-order valence-electron chi connectivity index (χ1n) is 9.25. The smallest absolute Gasteiger partial charge is 0.411 e. The molecule has 1 aromatic carbocycles. The second-order valence-electron chi connectivity index (χ2n) is 6.32. The van der Waals surface area contributed by atoms with Crippen LogP contribution in [0.15, 0.2) is 29.3 Å². The van der Waals surface area contributed by atoms with Gasteiger partial charge in [0.15, 0.2) is 5.96 Å². The average Bonchev–Trinajstić information content (AvgIpc) is 3.21. The molecule has 0 aliphatic carbocycles. The summed E-state index contributed by atoms with van der Waals surface area (Å²) in [4.78, 5) is 15.4. The molecule has 1 fully saturated rings. The minimum absolute atomic E-state index is 0. The van der Waals surface area contributed by atoms with Gasteiger partial charge in [-0.15, -0.1) is 24.0 Å². The van der Waals surface area contributed by atoms with Crippen LogP contribution in [-0.2, 0) is 20.8 Å². The second-order valence-corrected chi connectivity index (χ2v) is 6.32. The lowest BCUT2D eigenvalue weighted by molar-refractivity contribution is 0.0888. The van der Waals surface area contributed by atoms with Crippen molar-refractivity contribution in [2.75, 3.05) is 52.4 Å². The first-order valence-corrected chi connectivity index (χ1v) is 9.25. The quantitative estimate of drug-likeness (QED) is 0.207. The lowest BCUT2D eigenvalue weighted by atomic mass is 10.1. The zero-order valence-electron chi connectivity index (χ0n) is 16.5. The Balaban J connectivity index is 0.00000392. The van der Waals surface area contributed by atoms with Crippen LogP contribution in [0.25, 0.3) is 0 Å². The predicted molar refractivity (Wildman–Crippen MR) is 120 cm³/mol. The second kappa shape index (κ2) is 14.4. The van der Waals surface area contributed by atoms with Crippen molar-refractivity contribution in [3.8, 4) is 0 Å². The third-order valence-electron chi connectivity index (χ3n) is 4.20. The van der Waals surface area contributed by atoms with E-state index in [9.17, 15) is 4.79 Å². The van der Waals surface area contributed by atoms with Gasteiger partial charge in [0.1, 0.15) is 0 Å². The van der Waals surface area contributed by atoms with E-state index in [1.807, 2.05) is 24.3 Å². The van der Waals surface area contributed by atoms with Crippen molar-refractivity contribution in [3.05, 3.63) is 29.8 Å². The third-order valence-corrected chi connectivity index (χ3v) is 4.20. The first-order chi connectivity index (χ1) is 13.2. The van der Waals surface area contributed by atoms with E-state index in [2.05, 4.69) is 25.7 Å². The molecular formula is C19H31IN4O4. The first kappa shape index (κ1) is 24.4. The number of anilines is 1. The van der Waals surface area contributed by atoms with Gasteiger partial charge >= 0.3 is 6.09 Å². The van der Waals surface area contributed by atoms with Gasteiger partial charge in [-0.1, -0.05) is 12.1 Å². The maximum Gasteiger partial charge on any atom is 0.411 e. The maximum atomic E-state index is 11.2. The Hall–Kier alpha value is -1.59. The summed E-state index contributed by atoms with van der Waals surface area (Å²) in [5, 5.41) is 9.16. The number of carbonyl (C=O) groups is 1. The molecule has 1 heterocycles. The van der Waals surface area contributed by atoms with Gasteiger partial charge in [0.05, 0.1) is 20.3 Å². The molecule has 158 valence electrons. The van der Waals surface area contributed by atoms with Gasteiger partial charge in [0.25, 0.3) is 0 Å². The maximum absolute atomic E-state index is 11.2. The van der Waals surface area contributed by atoms with Crippen molar-refractivity contribution in [1.82, 2.24) is 10.6 Å². The summed E-state index contributed by atoms with van der Waals surface area (Å²) in [5.41, 5.74) is 1.77. The summed E-state index contributed by atoms with van der Waals surface area (Å²) in [6.07, 6.45) is 1.54. The predicted octanol–water partition coefficient (Wildman–Crippen LogP) is 2.59. The van der Waals surface area contributed by atoms with E-state index in [1.165, 1.54) is 7.11 Å². The highest BCUT2D eigenvalue weighted by Crippen LogP contribution is 2.12. The summed E-state index contributed by atoms with van der Waals surface area (Å²) < 4.78 is 15.6. The number of nitrogens with zero attached hydrogens (tertiary/aromatic N) is 1. The molecule has 1 unspecified atom stereocenters. The van der Waals surface area contributed by atoms with Crippen molar-refractivity contribution >= 4 is 41.7 Å². The van der Waals surface area contributed by atoms with Crippen LogP contribution in [0, 0.1) is 5.92 Å². The zero-order valence-corrected chi connectivity index (χ0v) is 18.9. The van der Waals surface area contributed by atoms with E-state index in [1.54, 1.807) is 7.05 Å². The molecule has 0 bridgehead atoms. The molecule has 0 aromatic heterocycles. The molecule has 0 radical (unpaired) electrons. The van der Waals surface area contributed by atoms with Crippen LogP contribution in [0.3, 0.4) is 0 Å². The number of ether oxygens (including phenoxy) is 3. The average molecular weight is 506 g/mol. The number of hydrogen-bond donors (Lipinski definition) is 3. The number of nitrogens with one attached hydrogen (secondary N) is 3. The van der Waals surface area contributed by atoms with Crippen LogP contribution in [0.1, 0.15) is 18.4 Å². The van der Waals surface area contributed by atoms with Crippen molar-refractivity contribution in [2.24, 2.45) is 10.9 Å². The number of methoxy groups -OCH3 is 1. The van der Waals surface area contributed by atoms with Crippen LogP contribution in [0.2, 0.25) is 0 Å². The molecule has 0 spiro atoms. The van der Waals surface area contributed by atoms with Gasteiger partial charge in [0.2, 0.25) is 0 Å². The molecule has 28 heavy (non-hydrogen) atoms. The number of guanidine groups is 1. The molecule has 0 saturated carbocycles. The summed E-state index contributed by atoms with van der Waals surface area (Å²) in [6, 6.07) is 7.53. The van der Waals surface area contributed by atoms with Crippen molar-refractivity contribution in [2.45, 2.75) is 19.4 Å². The van der Waals surface area contributed by atoms with E-state index < -0.39 is 6.09 Å². The van der Waals surface area contributed by atoms with Gasteiger partial charge in [-0.25, -0.2) is 4.79 Å². The van der Waals surface area contributed by atoms with Crippen LogP contribution in [0.4, 0.5) is 10.5 Å². The fourth-order valence-corrected chi connectivity index (χ4v) is 2.63. The third kappa shape index (κ3) is 9.56. The summed E-state index contributed by atoms with van der Waals surface area (Å²) in [7, 11) is 3.08. The van der Waals surface area contributed by atoms with Crippen LogP contribution < -0.4 is 16.0 Å². The van der Waals surface area contributed by atoms with Crippen molar-refractivity contribution in [3.63, 3.8) is 0 Å². The molecular weight excluding hydrogens is 475 g/mol. The Labute approximate surface area is 183 Å². The number of carbonyl (C=O) groups excluding carboxylic acids is 1. The Kier molecular flexibility index (Phi) is 12.6. The number of amides is 1. The minimum Gasteiger partial charge on any atom is -0.453 e. The van der Waals surface area contributed by atoms with Crippen LogP contribution in [0.5, 0.6) is 0 Å². The Morgan fingerprint density at radius 2 is 2.07 bits per heavy atom. The lowest BCUT2D eigenvalue weighted by Crippen LogP contribution is -2.37. The van der Waals surface area contributed by atoms with E-state index in [4.69, 9.17) is 9.47 Å². The summed E-state index contributed by atoms with van der Waals surface area (Å²) >= 11 is 0. The molecule has 1 atom stereocenters. The van der Waals surface area contributed by atoms with E-state index in [0.717, 1.165) is 57.3 Å². The highest BCUT2D eigenvalue weighted by atomic mass is 127. The van der Waals surface area contributed by atoms with Crippen LogP contribution in [-0.4, -0.2) is 59.2 Å². The minimum atomic E-state index is -0.481. The highest BCUT2D eigenvalue weighted by Gasteiger charge is 2.15. The fourth-order valence-electron chi connectivity index (χ4n) is 2.63. The Morgan fingerprint density at radius 1 is 1.29 bits per heavy atom. The lowest BCUT2D eigenvalue weighted by Gasteiger charge is -2.13. The van der Waals surface area contributed by atoms with Gasteiger partial charge < -0.3 is 24.8 Å². The van der Waals surface area contributed by atoms with Gasteiger partial charge in [-0.05, 0) is 30.5 Å². The Bertz CT molecular complexity index is 592. The molecule has 1 aromatic rings. The molecule has 2 rings (SSSR count). The van der Waals surface area contributed by atoms with E-state index in [0.29, 0.717) is 18.2 Å².